The fraction of sp³-hybridized carbons (Fsp3) is 0.471. The Hall–Kier alpha value is -1.45. The molecule has 0 spiro atoms. The highest BCUT2D eigenvalue weighted by Gasteiger charge is 2.11. The third kappa shape index (κ3) is 3.78. The summed E-state index contributed by atoms with van der Waals surface area (Å²) >= 11 is 0. The van der Waals surface area contributed by atoms with Crippen LogP contribution in [0.3, 0.4) is 0 Å². The van der Waals surface area contributed by atoms with Gasteiger partial charge in [0, 0.05) is 30.8 Å². The van der Waals surface area contributed by atoms with Crippen LogP contribution in [0.2, 0.25) is 0 Å². The highest BCUT2D eigenvalue weighted by atomic mass is 16.5. The topological polar surface area (TPSA) is 34.1 Å². The number of ether oxygens (including phenoxy) is 1. The van der Waals surface area contributed by atoms with Gasteiger partial charge < -0.3 is 10.1 Å². The summed E-state index contributed by atoms with van der Waals surface area (Å²) in [4.78, 5) is 4.56. The molecule has 3 nitrogen and oxygen atoms in total. The van der Waals surface area contributed by atoms with Gasteiger partial charge in [0.05, 0.1) is 5.52 Å². The van der Waals surface area contributed by atoms with Crippen molar-refractivity contribution in [1.82, 2.24) is 10.3 Å². The Morgan fingerprint density at radius 1 is 1.25 bits per heavy atom. The minimum absolute atomic E-state index is 0.348. The van der Waals surface area contributed by atoms with Crippen molar-refractivity contribution in [1.29, 1.82) is 0 Å². The first kappa shape index (κ1) is 14.9. The fourth-order valence-corrected chi connectivity index (χ4v) is 2.40. The lowest BCUT2D eigenvalue weighted by molar-refractivity contribution is 0.183. The predicted molar refractivity (Wildman–Crippen MR) is 84.0 cm³/mol. The van der Waals surface area contributed by atoms with Gasteiger partial charge >= 0.3 is 0 Å². The molecule has 0 saturated carbocycles. The van der Waals surface area contributed by atoms with Gasteiger partial charge in [-0.25, -0.2) is 0 Å². The molecule has 0 saturated heterocycles. The van der Waals surface area contributed by atoms with Crippen LogP contribution in [0, 0.1) is 6.92 Å². The Morgan fingerprint density at radius 2 is 2.10 bits per heavy atom. The van der Waals surface area contributed by atoms with Crippen LogP contribution in [-0.4, -0.2) is 25.2 Å². The Bertz CT molecular complexity index is 546. The molecule has 0 aliphatic heterocycles. The second-order valence-electron chi connectivity index (χ2n) is 5.19. The molecule has 1 aromatic heterocycles. The van der Waals surface area contributed by atoms with Crippen molar-refractivity contribution >= 4 is 10.9 Å². The summed E-state index contributed by atoms with van der Waals surface area (Å²) in [5.74, 6) is 0. The molecular formula is C17H24N2O. The molecule has 0 amide bonds. The van der Waals surface area contributed by atoms with Crippen molar-refractivity contribution in [2.24, 2.45) is 0 Å². The van der Waals surface area contributed by atoms with E-state index in [4.69, 9.17) is 4.74 Å². The van der Waals surface area contributed by atoms with E-state index >= 15 is 0 Å². The lowest BCUT2D eigenvalue weighted by atomic mass is 10.0. The van der Waals surface area contributed by atoms with Gasteiger partial charge in [0.2, 0.25) is 0 Å². The van der Waals surface area contributed by atoms with Crippen LogP contribution in [0.15, 0.2) is 30.3 Å². The molecule has 0 bridgehead atoms. The van der Waals surface area contributed by atoms with E-state index in [1.54, 1.807) is 7.11 Å². The van der Waals surface area contributed by atoms with Gasteiger partial charge in [-0.3, -0.25) is 4.98 Å². The van der Waals surface area contributed by atoms with Crippen LogP contribution >= 0.6 is 0 Å². The summed E-state index contributed by atoms with van der Waals surface area (Å²) in [5, 5.41) is 4.80. The second-order valence-corrected chi connectivity index (χ2v) is 5.19. The molecule has 2 rings (SSSR count). The second kappa shape index (κ2) is 7.36. The maximum absolute atomic E-state index is 5.22. The highest BCUT2D eigenvalue weighted by molar-refractivity contribution is 5.79. The van der Waals surface area contributed by atoms with E-state index in [1.165, 1.54) is 10.9 Å². The van der Waals surface area contributed by atoms with Gasteiger partial charge in [-0.2, -0.15) is 0 Å². The number of hydrogen-bond acceptors (Lipinski definition) is 3. The van der Waals surface area contributed by atoms with Crippen LogP contribution < -0.4 is 5.32 Å². The standard InChI is InChI=1S/C17H24N2O/c1-4-10-18-16(9-11-20-3)14-7-8-17-15(12-14)6-5-13(2)19-17/h5-8,12,16,18H,4,9-11H2,1-3H3. The van der Waals surface area contributed by atoms with E-state index in [-0.39, 0.29) is 0 Å². The minimum atomic E-state index is 0.348. The molecule has 1 atom stereocenters. The fourth-order valence-electron chi connectivity index (χ4n) is 2.40. The number of nitrogens with one attached hydrogen (secondary N) is 1. The van der Waals surface area contributed by atoms with Gasteiger partial charge in [-0.05, 0) is 50.1 Å². The van der Waals surface area contributed by atoms with Crippen LogP contribution in [0.4, 0.5) is 0 Å². The van der Waals surface area contributed by atoms with Crippen molar-refractivity contribution in [3.8, 4) is 0 Å². The van der Waals surface area contributed by atoms with Crippen molar-refractivity contribution in [2.75, 3.05) is 20.3 Å². The van der Waals surface area contributed by atoms with Gasteiger partial charge in [0.15, 0.2) is 0 Å². The Labute approximate surface area is 121 Å². The number of hydrogen-bond donors (Lipinski definition) is 1. The molecule has 3 heteroatoms. The zero-order chi connectivity index (χ0) is 14.4. The summed E-state index contributed by atoms with van der Waals surface area (Å²) in [6.07, 6.45) is 2.12. The van der Waals surface area contributed by atoms with Gasteiger partial charge in [-0.1, -0.05) is 19.1 Å². The van der Waals surface area contributed by atoms with Gasteiger partial charge in [0.25, 0.3) is 0 Å². The molecule has 1 heterocycles. The average Bonchev–Trinajstić information content (AvgIpc) is 2.47. The van der Waals surface area contributed by atoms with Crippen molar-refractivity contribution in [2.45, 2.75) is 32.7 Å². The first-order valence-electron chi connectivity index (χ1n) is 7.34. The normalized spacial score (nSPS) is 12.8. The third-order valence-electron chi connectivity index (χ3n) is 3.51. The number of rotatable bonds is 7. The molecule has 2 aromatic rings. The molecule has 20 heavy (non-hydrogen) atoms. The lowest BCUT2D eigenvalue weighted by Crippen LogP contribution is -2.23. The summed E-state index contributed by atoms with van der Waals surface area (Å²) in [7, 11) is 1.75. The monoisotopic (exact) mass is 272 g/mol. The Morgan fingerprint density at radius 3 is 2.85 bits per heavy atom. The summed E-state index contributed by atoms with van der Waals surface area (Å²) in [6.45, 7) is 6.01. The number of fused-ring (bicyclic) bond motifs is 1. The molecule has 1 aromatic carbocycles. The van der Waals surface area contributed by atoms with Crippen LogP contribution in [0.25, 0.3) is 10.9 Å². The number of benzene rings is 1. The molecule has 0 aliphatic rings. The van der Waals surface area contributed by atoms with E-state index in [1.807, 2.05) is 6.92 Å². The SMILES string of the molecule is CCCNC(CCOC)c1ccc2nc(C)ccc2c1. The Kier molecular flexibility index (Phi) is 5.50. The largest absolute Gasteiger partial charge is 0.385 e. The van der Waals surface area contributed by atoms with E-state index in [0.29, 0.717) is 6.04 Å². The van der Waals surface area contributed by atoms with E-state index in [9.17, 15) is 0 Å². The molecule has 1 unspecified atom stereocenters. The minimum Gasteiger partial charge on any atom is -0.385 e. The first-order valence-corrected chi connectivity index (χ1v) is 7.34. The lowest BCUT2D eigenvalue weighted by Gasteiger charge is -2.19. The maximum Gasteiger partial charge on any atom is 0.0705 e. The smallest absolute Gasteiger partial charge is 0.0705 e. The third-order valence-corrected chi connectivity index (χ3v) is 3.51. The van der Waals surface area contributed by atoms with Crippen LogP contribution in [0.5, 0.6) is 0 Å². The van der Waals surface area contributed by atoms with Crippen LogP contribution in [0.1, 0.15) is 37.1 Å². The summed E-state index contributed by atoms with van der Waals surface area (Å²) in [5.41, 5.74) is 3.44. The zero-order valence-electron chi connectivity index (χ0n) is 12.6. The van der Waals surface area contributed by atoms with Crippen molar-refractivity contribution in [3.63, 3.8) is 0 Å². The first-order chi connectivity index (χ1) is 9.74. The van der Waals surface area contributed by atoms with E-state index < -0.39 is 0 Å². The number of aryl methyl sites for hydroxylation is 1. The highest BCUT2D eigenvalue weighted by Crippen LogP contribution is 2.22. The summed E-state index contributed by atoms with van der Waals surface area (Å²) in [6, 6.07) is 11.1. The van der Waals surface area contributed by atoms with Crippen LogP contribution in [-0.2, 0) is 4.74 Å². The van der Waals surface area contributed by atoms with Gasteiger partial charge in [0.1, 0.15) is 0 Å². The molecule has 0 radical (unpaired) electrons. The zero-order valence-corrected chi connectivity index (χ0v) is 12.6. The Balaban J connectivity index is 2.24. The number of pyridine rings is 1. The van der Waals surface area contributed by atoms with E-state index in [2.05, 4.69) is 47.6 Å². The molecule has 1 N–H and O–H groups in total. The van der Waals surface area contributed by atoms with E-state index in [0.717, 1.165) is 37.2 Å². The summed E-state index contributed by atoms with van der Waals surface area (Å²) < 4.78 is 5.22. The number of nitrogens with zero attached hydrogens (tertiary/aromatic N) is 1. The number of aromatic nitrogens is 1. The molecule has 0 fully saturated rings. The predicted octanol–water partition coefficient (Wildman–Crippen LogP) is 3.62. The maximum atomic E-state index is 5.22. The average molecular weight is 272 g/mol. The van der Waals surface area contributed by atoms with Crippen molar-refractivity contribution < 1.29 is 4.74 Å². The van der Waals surface area contributed by atoms with Crippen molar-refractivity contribution in [3.05, 3.63) is 41.6 Å². The number of methoxy groups -OCH3 is 1. The molecular weight excluding hydrogens is 248 g/mol. The van der Waals surface area contributed by atoms with Gasteiger partial charge in [-0.15, -0.1) is 0 Å². The quantitative estimate of drug-likeness (QED) is 0.836. The molecule has 0 aliphatic carbocycles. The molecule has 108 valence electrons.